The molecule has 2 rings (SSSR count). The van der Waals surface area contributed by atoms with Crippen LogP contribution in [0.1, 0.15) is 50.7 Å². The lowest BCUT2D eigenvalue weighted by molar-refractivity contribution is 0.178. The second-order valence-electron chi connectivity index (χ2n) is 6.11. The van der Waals surface area contributed by atoms with Crippen LogP contribution in [-0.4, -0.2) is 6.04 Å². The molecule has 0 unspecified atom stereocenters. The number of hydrogen-bond acceptors (Lipinski definition) is 1. The fourth-order valence-electron chi connectivity index (χ4n) is 3.05. The fourth-order valence-corrected chi connectivity index (χ4v) is 3.05. The smallest absolute Gasteiger partial charge is 0.0139 e. The Bertz CT molecular complexity index is 360. The van der Waals surface area contributed by atoms with Crippen molar-refractivity contribution in [1.82, 2.24) is 0 Å². The summed E-state index contributed by atoms with van der Waals surface area (Å²) in [6, 6.07) is 9.33. The van der Waals surface area contributed by atoms with Crippen molar-refractivity contribution in [2.75, 3.05) is 0 Å². The van der Waals surface area contributed by atoms with Gasteiger partial charge in [0.1, 0.15) is 0 Å². The lowest BCUT2D eigenvalue weighted by Crippen LogP contribution is -2.50. The third-order valence-electron chi connectivity index (χ3n) is 4.31. The number of rotatable bonds is 4. The maximum atomic E-state index is 6.48. The van der Waals surface area contributed by atoms with Gasteiger partial charge in [0.05, 0.1) is 0 Å². The molecule has 1 saturated carbocycles. The van der Waals surface area contributed by atoms with E-state index in [0.717, 1.165) is 6.42 Å². The minimum atomic E-state index is 0.276. The van der Waals surface area contributed by atoms with Gasteiger partial charge in [0.15, 0.2) is 0 Å². The quantitative estimate of drug-likeness (QED) is 0.838. The first-order chi connectivity index (χ1) is 8.04. The summed E-state index contributed by atoms with van der Waals surface area (Å²) in [6.45, 7) is 6.67. The summed E-state index contributed by atoms with van der Waals surface area (Å²) in [5, 5.41) is 0. The van der Waals surface area contributed by atoms with Crippen LogP contribution in [0, 0.1) is 12.8 Å². The maximum absolute atomic E-state index is 6.48. The van der Waals surface area contributed by atoms with E-state index in [4.69, 9.17) is 5.73 Å². The Morgan fingerprint density at radius 3 is 2.18 bits per heavy atom. The molecule has 1 aromatic carbocycles. The zero-order chi connectivity index (χ0) is 12.5. The molecule has 0 aromatic heterocycles. The third-order valence-corrected chi connectivity index (χ3v) is 4.31. The van der Waals surface area contributed by atoms with Gasteiger partial charge in [0, 0.05) is 11.5 Å². The molecule has 0 saturated heterocycles. The average Bonchev–Trinajstić information content (AvgIpc) is 2.18. The molecular weight excluding hydrogens is 206 g/mol. The first-order valence-corrected chi connectivity index (χ1v) is 6.87. The highest BCUT2D eigenvalue weighted by Gasteiger charge is 2.43. The van der Waals surface area contributed by atoms with E-state index in [1.165, 1.54) is 30.4 Å². The molecule has 0 amide bonds. The van der Waals surface area contributed by atoms with E-state index >= 15 is 0 Å². The fraction of sp³-hybridized carbons (Fsp3) is 0.625. The Morgan fingerprint density at radius 1 is 1.18 bits per heavy atom. The van der Waals surface area contributed by atoms with Gasteiger partial charge >= 0.3 is 0 Å². The highest BCUT2D eigenvalue weighted by atomic mass is 14.7. The van der Waals surface area contributed by atoms with Crippen LogP contribution in [0.15, 0.2) is 24.3 Å². The summed E-state index contributed by atoms with van der Waals surface area (Å²) >= 11 is 0. The van der Waals surface area contributed by atoms with Crippen molar-refractivity contribution in [3.63, 3.8) is 0 Å². The van der Waals surface area contributed by atoms with Crippen LogP contribution in [0.5, 0.6) is 0 Å². The molecule has 0 spiro atoms. The van der Waals surface area contributed by atoms with E-state index in [1.54, 1.807) is 0 Å². The predicted octanol–water partition coefficient (Wildman–Crippen LogP) is 3.79. The number of benzene rings is 1. The van der Waals surface area contributed by atoms with E-state index in [2.05, 4.69) is 45.0 Å². The van der Waals surface area contributed by atoms with Crippen LogP contribution >= 0.6 is 0 Å². The minimum Gasteiger partial charge on any atom is -0.327 e. The maximum Gasteiger partial charge on any atom is 0.0139 e. The first kappa shape index (κ1) is 12.6. The van der Waals surface area contributed by atoms with Gasteiger partial charge in [0.2, 0.25) is 0 Å². The van der Waals surface area contributed by atoms with Crippen molar-refractivity contribution < 1.29 is 0 Å². The van der Waals surface area contributed by atoms with Crippen LogP contribution in [0.25, 0.3) is 0 Å². The van der Waals surface area contributed by atoms with Gasteiger partial charge in [-0.2, -0.15) is 0 Å². The normalized spacial score (nSPS) is 20.1. The van der Waals surface area contributed by atoms with Gasteiger partial charge < -0.3 is 5.73 Å². The van der Waals surface area contributed by atoms with Crippen LogP contribution in [0.3, 0.4) is 0 Å². The lowest BCUT2D eigenvalue weighted by atomic mass is 9.59. The molecule has 0 radical (unpaired) electrons. The molecule has 1 aliphatic carbocycles. The van der Waals surface area contributed by atoms with Gasteiger partial charge in [-0.05, 0) is 37.7 Å². The van der Waals surface area contributed by atoms with Crippen molar-refractivity contribution in [1.29, 1.82) is 0 Å². The standard InChI is InChI=1S/C16H25N/c1-12(2)11-15(17)16(9-4-10-16)14-7-5-13(3)6-8-14/h5-8,12,15H,4,9-11,17H2,1-3H3/t15-/m0/s1. The summed E-state index contributed by atoms with van der Waals surface area (Å²) < 4.78 is 0. The van der Waals surface area contributed by atoms with Crippen LogP contribution in [0.4, 0.5) is 0 Å². The van der Waals surface area contributed by atoms with Gasteiger partial charge in [-0.25, -0.2) is 0 Å². The SMILES string of the molecule is Cc1ccc(C2([C@@H](N)CC(C)C)CCC2)cc1. The molecule has 1 nitrogen and oxygen atoms in total. The molecule has 1 heteroatoms. The number of nitrogens with two attached hydrogens (primary N) is 1. The van der Waals surface area contributed by atoms with E-state index in [0.29, 0.717) is 12.0 Å². The first-order valence-electron chi connectivity index (χ1n) is 6.87. The molecule has 0 heterocycles. The third kappa shape index (κ3) is 2.40. The zero-order valence-electron chi connectivity index (χ0n) is 11.4. The summed E-state index contributed by atoms with van der Waals surface area (Å²) in [6.07, 6.45) is 5.00. The summed E-state index contributed by atoms with van der Waals surface area (Å²) in [5.74, 6) is 0.688. The average molecular weight is 231 g/mol. The van der Waals surface area contributed by atoms with Crippen molar-refractivity contribution >= 4 is 0 Å². The van der Waals surface area contributed by atoms with Gasteiger partial charge in [-0.1, -0.05) is 50.1 Å². The number of aryl methyl sites for hydroxylation is 1. The summed E-state index contributed by atoms with van der Waals surface area (Å²) in [5.41, 5.74) is 9.56. The molecule has 2 N–H and O–H groups in total. The number of hydrogen-bond donors (Lipinski definition) is 1. The van der Waals surface area contributed by atoms with Crippen molar-refractivity contribution in [2.24, 2.45) is 11.7 Å². The van der Waals surface area contributed by atoms with Crippen LogP contribution in [-0.2, 0) is 5.41 Å². The lowest BCUT2D eigenvalue weighted by Gasteiger charge is -2.47. The highest BCUT2D eigenvalue weighted by molar-refractivity contribution is 5.32. The molecular formula is C16H25N. The van der Waals surface area contributed by atoms with Gasteiger partial charge in [-0.3, -0.25) is 0 Å². The molecule has 1 atom stereocenters. The Morgan fingerprint density at radius 2 is 1.76 bits per heavy atom. The van der Waals surface area contributed by atoms with E-state index < -0.39 is 0 Å². The van der Waals surface area contributed by atoms with Gasteiger partial charge in [0.25, 0.3) is 0 Å². The molecule has 0 aliphatic heterocycles. The van der Waals surface area contributed by atoms with Crippen molar-refractivity contribution in [3.05, 3.63) is 35.4 Å². The molecule has 0 bridgehead atoms. The molecule has 94 valence electrons. The van der Waals surface area contributed by atoms with Crippen LogP contribution in [0.2, 0.25) is 0 Å². The second-order valence-corrected chi connectivity index (χ2v) is 6.11. The molecule has 17 heavy (non-hydrogen) atoms. The molecule has 1 fully saturated rings. The monoisotopic (exact) mass is 231 g/mol. The van der Waals surface area contributed by atoms with Crippen molar-refractivity contribution in [2.45, 2.75) is 57.9 Å². The summed E-state index contributed by atoms with van der Waals surface area (Å²) in [7, 11) is 0. The second kappa shape index (κ2) is 4.81. The topological polar surface area (TPSA) is 26.0 Å². The summed E-state index contributed by atoms with van der Waals surface area (Å²) in [4.78, 5) is 0. The van der Waals surface area contributed by atoms with Gasteiger partial charge in [-0.15, -0.1) is 0 Å². The Labute approximate surface area is 105 Å². The molecule has 1 aliphatic rings. The molecule has 1 aromatic rings. The Hall–Kier alpha value is -0.820. The largest absolute Gasteiger partial charge is 0.327 e. The van der Waals surface area contributed by atoms with E-state index in [-0.39, 0.29) is 5.41 Å². The van der Waals surface area contributed by atoms with E-state index in [9.17, 15) is 0 Å². The predicted molar refractivity (Wildman–Crippen MR) is 74.1 cm³/mol. The Balaban J connectivity index is 2.22. The Kier molecular flexibility index (Phi) is 3.58. The van der Waals surface area contributed by atoms with Crippen molar-refractivity contribution in [3.8, 4) is 0 Å². The zero-order valence-corrected chi connectivity index (χ0v) is 11.4. The minimum absolute atomic E-state index is 0.276. The van der Waals surface area contributed by atoms with E-state index in [1.807, 2.05) is 0 Å². The highest BCUT2D eigenvalue weighted by Crippen LogP contribution is 2.47. The van der Waals surface area contributed by atoms with Crippen LogP contribution < -0.4 is 5.73 Å².